The van der Waals surface area contributed by atoms with E-state index >= 15 is 0 Å². The van der Waals surface area contributed by atoms with E-state index in [0.717, 1.165) is 22.4 Å². The molecule has 1 amide bonds. The van der Waals surface area contributed by atoms with Gasteiger partial charge in [-0.3, -0.25) is 4.79 Å². The quantitative estimate of drug-likeness (QED) is 0.684. The van der Waals surface area contributed by atoms with Gasteiger partial charge in [-0.1, -0.05) is 32.0 Å². The molecular formula is C19H21N3O3S. The smallest absolute Gasteiger partial charge is 0.227 e. The number of fused-ring (bicyclic) bond motifs is 1. The van der Waals surface area contributed by atoms with Crippen molar-refractivity contribution in [2.45, 2.75) is 20.3 Å². The molecule has 1 aromatic heterocycles. The predicted molar refractivity (Wildman–Crippen MR) is 107 cm³/mol. The summed E-state index contributed by atoms with van der Waals surface area (Å²) < 4.78 is 5.78. The van der Waals surface area contributed by atoms with E-state index in [-0.39, 0.29) is 22.4 Å². The van der Waals surface area contributed by atoms with Crippen molar-refractivity contribution in [1.29, 1.82) is 0 Å². The molecule has 1 heterocycles. The van der Waals surface area contributed by atoms with Gasteiger partial charge in [0.15, 0.2) is 10.7 Å². The van der Waals surface area contributed by atoms with Crippen molar-refractivity contribution in [1.82, 2.24) is 10.3 Å². The van der Waals surface area contributed by atoms with E-state index in [0.29, 0.717) is 12.3 Å². The number of nitrogens with zero attached hydrogens (tertiary/aromatic N) is 1. The molecule has 0 fully saturated rings. The highest BCUT2D eigenvalue weighted by Gasteiger charge is 2.10. The molecule has 3 rings (SSSR count). The average molecular weight is 371 g/mol. The number of hydrogen-bond donors (Lipinski definition) is 2. The van der Waals surface area contributed by atoms with Crippen LogP contribution in [0.2, 0.25) is 0 Å². The van der Waals surface area contributed by atoms with Gasteiger partial charge in [0.05, 0.1) is 0 Å². The van der Waals surface area contributed by atoms with Crippen LogP contribution in [0.3, 0.4) is 0 Å². The maximum atomic E-state index is 11.8. The van der Waals surface area contributed by atoms with Crippen LogP contribution in [0, 0.1) is 5.92 Å². The first-order chi connectivity index (χ1) is 12.0. The van der Waals surface area contributed by atoms with Crippen LogP contribution in [0.4, 0.5) is 5.69 Å². The summed E-state index contributed by atoms with van der Waals surface area (Å²) in [5, 5.41) is 5.98. The molecule has 4 N–H and O–H groups in total. The SMILES string of the molecule is CC(C)CC(=O)NC(=S)Nc1cccc(-c2nc3ccccc3o2)c1.O. The van der Waals surface area contributed by atoms with Crippen molar-refractivity contribution in [2.24, 2.45) is 5.92 Å². The zero-order valence-corrected chi connectivity index (χ0v) is 15.4. The van der Waals surface area contributed by atoms with Crippen molar-refractivity contribution in [2.75, 3.05) is 5.32 Å². The summed E-state index contributed by atoms with van der Waals surface area (Å²) in [4.78, 5) is 16.3. The third kappa shape index (κ3) is 4.87. The summed E-state index contributed by atoms with van der Waals surface area (Å²) in [5.41, 5.74) is 3.15. The first-order valence-corrected chi connectivity index (χ1v) is 8.49. The van der Waals surface area contributed by atoms with Crippen molar-refractivity contribution in [3.63, 3.8) is 0 Å². The van der Waals surface area contributed by atoms with E-state index in [4.69, 9.17) is 16.6 Å². The number of carbonyl (C=O) groups excluding carboxylic acids is 1. The molecule has 2 aromatic carbocycles. The van der Waals surface area contributed by atoms with Gasteiger partial charge < -0.3 is 20.5 Å². The molecule has 0 spiro atoms. The van der Waals surface area contributed by atoms with Gasteiger partial charge >= 0.3 is 0 Å². The minimum atomic E-state index is -0.0948. The van der Waals surface area contributed by atoms with Crippen LogP contribution >= 0.6 is 12.2 Å². The van der Waals surface area contributed by atoms with Gasteiger partial charge in [-0.25, -0.2) is 4.98 Å². The summed E-state index contributed by atoms with van der Waals surface area (Å²) in [7, 11) is 0. The van der Waals surface area contributed by atoms with Crippen molar-refractivity contribution in [3.8, 4) is 11.5 Å². The van der Waals surface area contributed by atoms with E-state index in [1.807, 2.05) is 62.4 Å². The molecule has 26 heavy (non-hydrogen) atoms. The van der Waals surface area contributed by atoms with Crippen LogP contribution in [-0.2, 0) is 4.79 Å². The number of rotatable bonds is 4. The maximum absolute atomic E-state index is 11.8. The zero-order valence-electron chi connectivity index (χ0n) is 14.6. The molecule has 0 saturated carbocycles. The zero-order chi connectivity index (χ0) is 17.8. The first-order valence-electron chi connectivity index (χ1n) is 8.08. The molecule has 6 nitrogen and oxygen atoms in total. The molecule has 3 aromatic rings. The van der Waals surface area contributed by atoms with E-state index in [1.165, 1.54) is 0 Å². The van der Waals surface area contributed by atoms with Crippen LogP contribution in [-0.4, -0.2) is 21.5 Å². The predicted octanol–water partition coefficient (Wildman–Crippen LogP) is 3.53. The van der Waals surface area contributed by atoms with E-state index in [2.05, 4.69) is 15.6 Å². The van der Waals surface area contributed by atoms with Gasteiger partial charge in [0.25, 0.3) is 0 Å². The van der Waals surface area contributed by atoms with Crippen LogP contribution in [0.15, 0.2) is 52.9 Å². The minimum absolute atomic E-state index is 0. The number of thiocarbonyl (C=S) groups is 1. The van der Waals surface area contributed by atoms with E-state index in [9.17, 15) is 4.79 Å². The Morgan fingerprint density at radius 1 is 1.19 bits per heavy atom. The fraction of sp³-hybridized carbons (Fsp3) is 0.211. The normalized spacial score (nSPS) is 10.4. The monoisotopic (exact) mass is 371 g/mol. The first kappa shape index (κ1) is 19.6. The number of aromatic nitrogens is 1. The number of para-hydroxylation sites is 2. The van der Waals surface area contributed by atoms with Crippen LogP contribution < -0.4 is 10.6 Å². The van der Waals surface area contributed by atoms with Crippen molar-refractivity contribution < 1.29 is 14.7 Å². The fourth-order valence-electron chi connectivity index (χ4n) is 2.44. The lowest BCUT2D eigenvalue weighted by atomic mass is 10.1. The third-order valence-electron chi connectivity index (χ3n) is 3.51. The summed E-state index contributed by atoms with van der Waals surface area (Å²) in [6, 6.07) is 15.2. The van der Waals surface area contributed by atoms with Gasteiger partial charge in [-0.15, -0.1) is 0 Å². The Morgan fingerprint density at radius 2 is 1.96 bits per heavy atom. The second-order valence-corrected chi connectivity index (χ2v) is 6.58. The topological polar surface area (TPSA) is 98.7 Å². The number of nitrogens with one attached hydrogen (secondary N) is 2. The Labute approximate surface area is 156 Å². The van der Waals surface area contributed by atoms with Gasteiger partial charge in [0.1, 0.15) is 5.52 Å². The molecule has 0 aliphatic rings. The Morgan fingerprint density at radius 3 is 2.69 bits per heavy atom. The third-order valence-corrected chi connectivity index (χ3v) is 3.71. The molecule has 0 bridgehead atoms. The Hall–Kier alpha value is -2.77. The Bertz CT molecular complexity index is 888. The lowest BCUT2D eigenvalue weighted by Gasteiger charge is -2.11. The fourth-order valence-corrected chi connectivity index (χ4v) is 2.67. The van der Waals surface area contributed by atoms with E-state index < -0.39 is 0 Å². The second-order valence-electron chi connectivity index (χ2n) is 6.17. The summed E-state index contributed by atoms with van der Waals surface area (Å²) in [6.45, 7) is 3.97. The number of anilines is 1. The molecule has 0 saturated heterocycles. The van der Waals surface area contributed by atoms with Crippen molar-refractivity contribution >= 4 is 40.0 Å². The molecule has 0 aliphatic carbocycles. The second kappa shape index (κ2) is 8.55. The molecular weight excluding hydrogens is 350 g/mol. The summed E-state index contributed by atoms with van der Waals surface area (Å²) >= 11 is 5.20. The molecule has 7 heteroatoms. The lowest BCUT2D eigenvalue weighted by Crippen LogP contribution is -2.34. The molecule has 0 atom stereocenters. The number of carbonyl (C=O) groups is 1. The largest absolute Gasteiger partial charge is 0.436 e. The molecule has 0 unspecified atom stereocenters. The number of oxazole rings is 1. The summed E-state index contributed by atoms with van der Waals surface area (Å²) in [5.74, 6) is 0.729. The molecule has 0 aliphatic heterocycles. The highest BCUT2D eigenvalue weighted by Crippen LogP contribution is 2.25. The van der Waals surface area contributed by atoms with E-state index in [1.54, 1.807) is 0 Å². The summed E-state index contributed by atoms with van der Waals surface area (Å²) in [6.07, 6.45) is 0.435. The van der Waals surface area contributed by atoms with Crippen LogP contribution in [0.25, 0.3) is 22.6 Å². The standard InChI is InChI=1S/C19H19N3O2S.H2O/c1-12(2)10-17(23)22-19(25)20-14-7-5-6-13(11-14)18-21-15-8-3-4-9-16(15)24-18;/h3-9,11-12H,10H2,1-2H3,(H2,20,22,23,25);1H2. The van der Waals surface area contributed by atoms with Crippen LogP contribution in [0.5, 0.6) is 0 Å². The van der Waals surface area contributed by atoms with Gasteiger partial charge in [0.2, 0.25) is 11.8 Å². The van der Waals surface area contributed by atoms with Crippen molar-refractivity contribution in [3.05, 3.63) is 48.5 Å². The maximum Gasteiger partial charge on any atom is 0.227 e. The minimum Gasteiger partial charge on any atom is -0.436 e. The van der Waals surface area contributed by atoms with Crippen LogP contribution in [0.1, 0.15) is 20.3 Å². The highest BCUT2D eigenvalue weighted by atomic mass is 32.1. The molecule has 0 radical (unpaired) electrons. The van der Waals surface area contributed by atoms with Gasteiger partial charge in [-0.2, -0.15) is 0 Å². The molecule has 136 valence electrons. The number of hydrogen-bond acceptors (Lipinski definition) is 4. The Kier molecular flexibility index (Phi) is 6.43. The number of amides is 1. The Balaban J connectivity index is 0.00000243. The lowest BCUT2D eigenvalue weighted by molar-refractivity contribution is -0.120. The number of benzene rings is 2. The highest BCUT2D eigenvalue weighted by molar-refractivity contribution is 7.80. The van der Waals surface area contributed by atoms with Gasteiger partial charge in [0, 0.05) is 17.7 Å². The average Bonchev–Trinajstić information content (AvgIpc) is 2.98. The van der Waals surface area contributed by atoms with Gasteiger partial charge in [-0.05, 0) is 48.5 Å².